The Hall–Kier alpha value is -0.870. The lowest BCUT2D eigenvalue weighted by atomic mass is 10.2. The molecule has 1 atom stereocenters. The summed E-state index contributed by atoms with van der Waals surface area (Å²) in [6, 6.07) is 0.363. The topological polar surface area (TPSA) is 39.1 Å². The molecule has 0 aromatic carbocycles. The minimum atomic E-state index is 0.363. The van der Waals surface area contributed by atoms with Crippen molar-refractivity contribution in [3.05, 3.63) is 18.0 Å². The summed E-state index contributed by atoms with van der Waals surface area (Å²) in [7, 11) is 0. The fraction of sp³-hybridized carbons (Fsp3) is 0.750. The van der Waals surface area contributed by atoms with Gasteiger partial charge in [0.1, 0.15) is 0 Å². The zero-order valence-electron chi connectivity index (χ0n) is 10.6. The average Bonchev–Trinajstić information content (AvgIpc) is 2.77. The number of rotatable bonds is 8. The molecule has 1 unspecified atom stereocenters. The summed E-state index contributed by atoms with van der Waals surface area (Å²) in [4.78, 5) is 0. The Kier molecular flexibility index (Phi) is 6.11. The summed E-state index contributed by atoms with van der Waals surface area (Å²) >= 11 is 0. The zero-order valence-corrected chi connectivity index (χ0v) is 10.6. The molecule has 92 valence electrons. The first kappa shape index (κ1) is 13.2. The average molecular weight is 225 g/mol. The molecule has 0 saturated carbocycles. The van der Waals surface area contributed by atoms with Crippen molar-refractivity contribution in [1.82, 2.24) is 15.1 Å². The van der Waals surface area contributed by atoms with Gasteiger partial charge in [0, 0.05) is 37.6 Å². The van der Waals surface area contributed by atoms with E-state index in [1.807, 2.05) is 17.8 Å². The molecule has 0 spiro atoms. The third kappa shape index (κ3) is 4.33. The van der Waals surface area contributed by atoms with Gasteiger partial charge in [-0.2, -0.15) is 5.10 Å². The molecule has 0 saturated heterocycles. The van der Waals surface area contributed by atoms with Crippen LogP contribution in [0.15, 0.2) is 12.4 Å². The van der Waals surface area contributed by atoms with Crippen LogP contribution in [0.1, 0.15) is 38.8 Å². The van der Waals surface area contributed by atoms with Gasteiger partial charge in [-0.3, -0.25) is 4.68 Å². The molecule has 4 heteroatoms. The van der Waals surface area contributed by atoms with Crippen molar-refractivity contribution < 1.29 is 4.74 Å². The predicted octanol–water partition coefficient (Wildman–Crippen LogP) is 1.98. The van der Waals surface area contributed by atoms with Gasteiger partial charge in [0.2, 0.25) is 0 Å². The molecule has 0 aliphatic rings. The van der Waals surface area contributed by atoms with Crippen LogP contribution in [-0.2, 0) is 11.3 Å². The number of nitrogens with one attached hydrogen (secondary N) is 1. The Bertz CT molecular complexity index is 286. The number of ether oxygens (including phenoxy) is 1. The highest BCUT2D eigenvalue weighted by Crippen LogP contribution is 2.10. The standard InChI is InChI=1S/C12H23N3O/c1-4-15-10-12(9-14-15)11(3)13-7-6-8-16-5-2/h9-11,13H,4-8H2,1-3H3. The van der Waals surface area contributed by atoms with Crippen molar-refractivity contribution in [2.75, 3.05) is 19.8 Å². The Balaban J connectivity index is 2.21. The molecule has 4 nitrogen and oxygen atoms in total. The number of aromatic nitrogens is 2. The van der Waals surface area contributed by atoms with Crippen molar-refractivity contribution in [3.63, 3.8) is 0 Å². The first-order valence-corrected chi connectivity index (χ1v) is 6.11. The summed E-state index contributed by atoms with van der Waals surface area (Å²) < 4.78 is 7.24. The second-order valence-corrected chi connectivity index (χ2v) is 3.86. The number of nitrogens with zero attached hydrogens (tertiary/aromatic N) is 2. The molecule has 1 aromatic rings. The van der Waals surface area contributed by atoms with Gasteiger partial charge < -0.3 is 10.1 Å². The van der Waals surface area contributed by atoms with Crippen LogP contribution in [0.25, 0.3) is 0 Å². The first-order chi connectivity index (χ1) is 7.77. The van der Waals surface area contributed by atoms with Gasteiger partial charge in [-0.1, -0.05) is 0 Å². The highest BCUT2D eigenvalue weighted by molar-refractivity contribution is 5.08. The quantitative estimate of drug-likeness (QED) is 0.688. The fourth-order valence-corrected chi connectivity index (χ4v) is 1.53. The number of hydrogen-bond donors (Lipinski definition) is 1. The van der Waals surface area contributed by atoms with E-state index in [9.17, 15) is 0 Å². The van der Waals surface area contributed by atoms with Gasteiger partial charge >= 0.3 is 0 Å². The second-order valence-electron chi connectivity index (χ2n) is 3.86. The fourth-order valence-electron chi connectivity index (χ4n) is 1.53. The van der Waals surface area contributed by atoms with E-state index in [2.05, 4.69) is 30.5 Å². The molecule has 0 radical (unpaired) electrons. The lowest BCUT2D eigenvalue weighted by Crippen LogP contribution is -2.20. The molecule has 0 aliphatic heterocycles. The van der Waals surface area contributed by atoms with E-state index in [1.165, 1.54) is 5.56 Å². The molecular formula is C12H23N3O. The molecule has 1 heterocycles. The lowest BCUT2D eigenvalue weighted by molar-refractivity contribution is 0.144. The summed E-state index contributed by atoms with van der Waals surface area (Å²) in [6.45, 7) is 9.84. The maximum atomic E-state index is 5.29. The molecular weight excluding hydrogens is 202 g/mol. The van der Waals surface area contributed by atoms with Gasteiger partial charge in [-0.05, 0) is 33.7 Å². The summed E-state index contributed by atoms with van der Waals surface area (Å²) in [5, 5.41) is 7.73. The Labute approximate surface area is 98.0 Å². The van der Waals surface area contributed by atoms with Crippen LogP contribution in [0.4, 0.5) is 0 Å². The minimum absolute atomic E-state index is 0.363. The zero-order chi connectivity index (χ0) is 11.8. The van der Waals surface area contributed by atoms with Crippen molar-refractivity contribution >= 4 is 0 Å². The van der Waals surface area contributed by atoms with Gasteiger partial charge in [0.05, 0.1) is 6.20 Å². The van der Waals surface area contributed by atoms with E-state index in [0.29, 0.717) is 6.04 Å². The molecule has 1 N–H and O–H groups in total. The third-order valence-corrected chi connectivity index (χ3v) is 2.60. The Morgan fingerprint density at radius 3 is 2.94 bits per heavy atom. The van der Waals surface area contributed by atoms with Crippen molar-refractivity contribution in [3.8, 4) is 0 Å². The number of hydrogen-bond acceptors (Lipinski definition) is 3. The highest BCUT2D eigenvalue weighted by Gasteiger charge is 2.06. The van der Waals surface area contributed by atoms with E-state index < -0.39 is 0 Å². The minimum Gasteiger partial charge on any atom is -0.382 e. The largest absolute Gasteiger partial charge is 0.382 e. The van der Waals surface area contributed by atoms with E-state index >= 15 is 0 Å². The van der Waals surface area contributed by atoms with E-state index in [-0.39, 0.29) is 0 Å². The molecule has 0 aliphatic carbocycles. The molecule has 1 aromatic heterocycles. The normalized spacial score (nSPS) is 12.9. The van der Waals surface area contributed by atoms with Gasteiger partial charge in [-0.25, -0.2) is 0 Å². The van der Waals surface area contributed by atoms with E-state index in [0.717, 1.165) is 32.7 Å². The molecule has 0 fully saturated rings. The van der Waals surface area contributed by atoms with Crippen LogP contribution in [0, 0.1) is 0 Å². The number of aryl methyl sites for hydroxylation is 1. The smallest absolute Gasteiger partial charge is 0.0537 e. The third-order valence-electron chi connectivity index (χ3n) is 2.60. The maximum absolute atomic E-state index is 5.29. The van der Waals surface area contributed by atoms with Gasteiger partial charge in [0.25, 0.3) is 0 Å². The SMILES string of the molecule is CCOCCCNC(C)c1cnn(CC)c1. The summed E-state index contributed by atoms with van der Waals surface area (Å²) in [5.74, 6) is 0. The van der Waals surface area contributed by atoms with Crippen LogP contribution in [0.5, 0.6) is 0 Å². The maximum Gasteiger partial charge on any atom is 0.0537 e. The lowest BCUT2D eigenvalue weighted by Gasteiger charge is -2.11. The van der Waals surface area contributed by atoms with Crippen LogP contribution in [-0.4, -0.2) is 29.5 Å². The van der Waals surface area contributed by atoms with Crippen molar-refractivity contribution in [2.24, 2.45) is 0 Å². The highest BCUT2D eigenvalue weighted by atomic mass is 16.5. The monoisotopic (exact) mass is 225 g/mol. The molecule has 0 bridgehead atoms. The van der Waals surface area contributed by atoms with E-state index in [1.54, 1.807) is 0 Å². The van der Waals surface area contributed by atoms with Crippen LogP contribution >= 0.6 is 0 Å². The van der Waals surface area contributed by atoms with Crippen molar-refractivity contribution in [1.29, 1.82) is 0 Å². The second kappa shape index (κ2) is 7.41. The van der Waals surface area contributed by atoms with Crippen molar-refractivity contribution in [2.45, 2.75) is 39.8 Å². The molecule has 1 rings (SSSR count). The van der Waals surface area contributed by atoms with Crippen LogP contribution < -0.4 is 5.32 Å². The van der Waals surface area contributed by atoms with E-state index in [4.69, 9.17) is 4.74 Å². The Morgan fingerprint density at radius 2 is 2.31 bits per heavy atom. The molecule has 16 heavy (non-hydrogen) atoms. The predicted molar refractivity (Wildman–Crippen MR) is 65.4 cm³/mol. The van der Waals surface area contributed by atoms with Crippen LogP contribution in [0.2, 0.25) is 0 Å². The van der Waals surface area contributed by atoms with Gasteiger partial charge in [0.15, 0.2) is 0 Å². The Morgan fingerprint density at radius 1 is 1.50 bits per heavy atom. The summed E-state index contributed by atoms with van der Waals surface area (Å²) in [5.41, 5.74) is 1.25. The van der Waals surface area contributed by atoms with Gasteiger partial charge in [-0.15, -0.1) is 0 Å². The van der Waals surface area contributed by atoms with Crippen LogP contribution in [0.3, 0.4) is 0 Å². The first-order valence-electron chi connectivity index (χ1n) is 6.11. The summed E-state index contributed by atoms with van der Waals surface area (Å²) in [6.07, 6.45) is 5.09. The molecule has 0 amide bonds.